The number of aromatic nitrogens is 2. The van der Waals surface area contributed by atoms with Gasteiger partial charge < -0.3 is 10.5 Å². The third-order valence-corrected chi connectivity index (χ3v) is 3.22. The van der Waals surface area contributed by atoms with Crippen LogP contribution in [0.15, 0.2) is 36.4 Å². The zero-order valence-electron chi connectivity index (χ0n) is 11.2. The van der Waals surface area contributed by atoms with Crippen LogP contribution in [0.2, 0.25) is 0 Å². The van der Waals surface area contributed by atoms with Gasteiger partial charge in [0, 0.05) is 6.07 Å². The molecular formula is C15H14FN3O. The number of nitrogens with two attached hydrogens (primary N) is 1. The number of imidazole rings is 1. The van der Waals surface area contributed by atoms with E-state index in [4.69, 9.17) is 10.5 Å². The third-order valence-electron chi connectivity index (χ3n) is 3.22. The van der Waals surface area contributed by atoms with E-state index >= 15 is 0 Å². The van der Waals surface area contributed by atoms with Crippen molar-refractivity contribution >= 4 is 17.0 Å². The van der Waals surface area contributed by atoms with Crippen molar-refractivity contribution in [3.05, 3.63) is 47.8 Å². The van der Waals surface area contributed by atoms with E-state index in [0.29, 0.717) is 17.4 Å². The summed E-state index contributed by atoms with van der Waals surface area (Å²) in [4.78, 5) is 4.34. The molecule has 0 aliphatic rings. The molecule has 0 aliphatic heterocycles. The molecule has 2 aromatic carbocycles. The van der Waals surface area contributed by atoms with Gasteiger partial charge in [0.05, 0.1) is 23.8 Å². The fourth-order valence-corrected chi connectivity index (χ4v) is 2.30. The largest absolute Gasteiger partial charge is 0.494 e. The molecule has 1 heterocycles. The lowest BCUT2D eigenvalue weighted by atomic mass is 10.2. The molecule has 0 saturated heterocycles. The van der Waals surface area contributed by atoms with Crippen LogP contribution in [0.3, 0.4) is 0 Å². The van der Waals surface area contributed by atoms with Crippen LogP contribution in [0.5, 0.6) is 5.75 Å². The number of rotatable bonds is 2. The second kappa shape index (κ2) is 4.52. The number of anilines is 1. The molecule has 0 amide bonds. The van der Waals surface area contributed by atoms with E-state index in [1.54, 1.807) is 10.6 Å². The van der Waals surface area contributed by atoms with Crippen LogP contribution in [0.25, 0.3) is 16.7 Å². The molecule has 0 unspecified atom stereocenters. The molecule has 102 valence electrons. The minimum atomic E-state index is -0.357. The van der Waals surface area contributed by atoms with Crippen molar-refractivity contribution < 1.29 is 9.13 Å². The standard InChI is InChI=1S/C15H14FN3O/c1-9-3-5-12-11(7-9)18-15(17)19(12)13-6-4-10(16)8-14(13)20-2/h3-8H,1-2H3,(H2,17,18). The van der Waals surface area contributed by atoms with Gasteiger partial charge in [-0.2, -0.15) is 0 Å². The number of ether oxygens (including phenoxy) is 1. The number of methoxy groups -OCH3 is 1. The highest BCUT2D eigenvalue weighted by Crippen LogP contribution is 2.30. The molecule has 0 saturated carbocycles. The molecule has 0 bridgehead atoms. The Labute approximate surface area is 115 Å². The highest BCUT2D eigenvalue weighted by molar-refractivity contribution is 5.82. The lowest BCUT2D eigenvalue weighted by molar-refractivity contribution is 0.410. The molecule has 3 aromatic rings. The zero-order chi connectivity index (χ0) is 14.3. The number of halogens is 1. The maximum Gasteiger partial charge on any atom is 0.206 e. The molecule has 5 heteroatoms. The number of nitrogens with zero attached hydrogens (tertiary/aromatic N) is 2. The normalized spacial score (nSPS) is 10.9. The summed E-state index contributed by atoms with van der Waals surface area (Å²) in [7, 11) is 1.50. The van der Waals surface area contributed by atoms with E-state index in [1.165, 1.54) is 19.2 Å². The second-order valence-corrected chi connectivity index (χ2v) is 4.61. The first-order valence-corrected chi connectivity index (χ1v) is 6.18. The van der Waals surface area contributed by atoms with Gasteiger partial charge in [-0.1, -0.05) is 6.07 Å². The first kappa shape index (κ1) is 12.5. The van der Waals surface area contributed by atoms with Crippen LogP contribution in [0.4, 0.5) is 10.3 Å². The lowest BCUT2D eigenvalue weighted by Crippen LogP contribution is -2.03. The Morgan fingerprint density at radius 3 is 2.75 bits per heavy atom. The van der Waals surface area contributed by atoms with Gasteiger partial charge in [0.1, 0.15) is 11.6 Å². The van der Waals surface area contributed by atoms with E-state index < -0.39 is 0 Å². The summed E-state index contributed by atoms with van der Waals surface area (Å²) in [5, 5.41) is 0. The van der Waals surface area contributed by atoms with Crippen LogP contribution in [0, 0.1) is 12.7 Å². The minimum Gasteiger partial charge on any atom is -0.494 e. The van der Waals surface area contributed by atoms with Gasteiger partial charge in [-0.25, -0.2) is 9.37 Å². The second-order valence-electron chi connectivity index (χ2n) is 4.61. The first-order valence-electron chi connectivity index (χ1n) is 6.18. The Balaban J connectivity index is 2.32. The molecule has 0 aliphatic carbocycles. The quantitative estimate of drug-likeness (QED) is 0.779. The van der Waals surface area contributed by atoms with Crippen LogP contribution in [-0.2, 0) is 0 Å². The number of hydrogen-bond donors (Lipinski definition) is 1. The number of hydrogen-bond acceptors (Lipinski definition) is 3. The van der Waals surface area contributed by atoms with Crippen molar-refractivity contribution in [2.45, 2.75) is 6.92 Å². The summed E-state index contributed by atoms with van der Waals surface area (Å²) >= 11 is 0. The number of fused-ring (bicyclic) bond motifs is 1. The average Bonchev–Trinajstić information content (AvgIpc) is 2.73. The fourth-order valence-electron chi connectivity index (χ4n) is 2.30. The van der Waals surface area contributed by atoms with Crippen molar-refractivity contribution in [2.75, 3.05) is 12.8 Å². The van der Waals surface area contributed by atoms with E-state index in [-0.39, 0.29) is 5.82 Å². The summed E-state index contributed by atoms with van der Waals surface area (Å²) in [6, 6.07) is 10.2. The Kier molecular flexibility index (Phi) is 2.82. The topological polar surface area (TPSA) is 53.1 Å². The monoisotopic (exact) mass is 271 g/mol. The van der Waals surface area contributed by atoms with Crippen molar-refractivity contribution in [1.29, 1.82) is 0 Å². The average molecular weight is 271 g/mol. The molecule has 2 N–H and O–H groups in total. The summed E-state index contributed by atoms with van der Waals surface area (Å²) in [5.74, 6) is 0.400. The molecule has 0 radical (unpaired) electrons. The summed E-state index contributed by atoms with van der Waals surface area (Å²) < 4.78 is 20.3. The van der Waals surface area contributed by atoms with E-state index in [9.17, 15) is 4.39 Å². The molecule has 4 nitrogen and oxygen atoms in total. The van der Waals surface area contributed by atoms with Crippen LogP contribution >= 0.6 is 0 Å². The fraction of sp³-hybridized carbons (Fsp3) is 0.133. The van der Waals surface area contributed by atoms with E-state index in [1.807, 2.05) is 25.1 Å². The van der Waals surface area contributed by atoms with Gasteiger partial charge in [-0.3, -0.25) is 4.57 Å². The van der Waals surface area contributed by atoms with E-state index in [2.05, 4.69) is 4.98 Å². The Morgan fingerprint density at radius 1 is 1.20 bits per heavy atom. The summed E-state index contributed by atoms with van der Waals surface area (Å²) in [6.45, 7) is 1.99. The van der Waals surface area contributed by atoms with Crippen LogP contribution < -0.4 is 10.5 Å². The molecule has 0 atom stereocenters. The Bertz CT molecular complexity index is 795. The number of nitrogen functional groups attached to an aromatic ring is 1. The predicted molar refractivity (Wildman–Crippen MR) is 76.7 cm³/mol. The van der Waals surface area contributed by atoms with Gasteiger partial charge in [0.2, 0.25) is 5.95 Å². The SMILES string of the molecule is COc1cc(F)ccc1-n1c(N)nc2cc(C)ccc21. The predicted octanol–water partition coefficient (Wildman–Crippen LogP) is 3.06. The minimum absolute atomic E-state index is 0.343. The maximum absolute atomic E-state index is 13.3. The molecule has 3 rings (SSSR count). The smallest absolute Gasteiger partial charge is 0.206 e. The van der Waals surface area contributed by atoms with Gasteiger partial charge in [-0.05, 0) is 36.8 Å². The molecule has 1 aromatic heterocycles. The molecular weight excluding hydrogens is 257 g/mol. The zero-order valence-corrected chi connectivity index (χ0v) is 11.2. The molecule has 0 spiro atoms. The van der Waals surface area contributed by atoms with E-state index in [0.717, 1.165) is 16.6 Å². The maximum atomic E-state index is 13.3. The van der Waals surface area contributed by atoms with Gasteiger partial charge in [0.25, 0.3) is 0 Å². The van der Waals surface area contributed by atoms with Crippen LogP contribution in [0.1, 0.15) is 5.56 Å². The number of benzene rings is 2. The Hall–Kier alpha value is -2.56. The lowest BCUT2D eigenvalue weighted by Gasteiger charge is -2.11. The third kappa shape index (κ3) is 1.87. The molecule has 20 heavy (non-hydrogen) atoms. The van der Waals surface area contributed by atoms with Crippen molar-refractivity contribution in [2.24, 2.45) is 0 Å². The molecule has 0 fully saturated rings. The number of aryl methyl sites for hydroxylation is 1. The summed E-state index contributed by atoms with van der Waals surface area (Å²) in [6.07, 6.45) is 0. The highest BCUT2D eigenvalue weighted by Gasteiger charge is 2.14. The van der Waals surface area contributed by atoms with Gasteiger partial charge in [-0.15, -0.1) is 0 Å². The Morgan fingerprint density at radius 2 is 2.00 bits per heavy atom. The highest BCUT2D eigenvalue weighted by atomic mass is 19.1. The first-order chi connectivity index (χ1) is 9.60. The van der Waals surface area contributed by atoms with Gasteiger partial charge >= 0.3 is 0 Å². The van der Waals surface area contributed by atoms with Crippen molar-refractivity contribution in [1.82, 2.24) is 9.55 Å². The van der Waals surface area contributed by atoms with Crippen LogP contribution in [-0.4, -0.2) is 16.7 Å². The van der Waals surface area contributed by atoms with Crippen molar-refractivity contribution in [3.8, 4) is 11.4 Å². The van der Waals surface area contributed by atoms with Gasteiger partial charge in [0.15, 0.2) is 0 Å². The van der Waals surface area contributed by atoms with Crippen molar-refractivity contribution in [3.63, 3.8) is 0 Å². The summed E-state index contributed by atoms with van der Waals surface area (Å²) in [5.41, 5.74) is 9.43.